The van der Waals surface area contributed by atoms with Gasteiger partial charge in [-0.25, -0.2) is 0 Å². The molecule has 0 atom stereocenters. The molecule has 0 unspecified atom stereocenters. The molecular weight excluding hydrogens is 71.0 g/mol. The summed E-state index contributed by atoms with van der Waals surface area (Å²) in [6.45, 7) is 3.12. The van der Waals surface area contributed by atoms with E-state index in [0.717, 1.165) is 6.61 Å². The molecule has 6 heavy (non-hydrogen) atoms. The van der Waals surface area contributed by atoms with Crippen molar-refractivity contribution in [1.29, 1.82) is 0 Å². The summed E-state index contributed by atoms with van der Waals surface area (Å²) in [6, 6.07) is 0. The SMILES string of the molecule is CCCC[O][7Zr]. The second kappa shape index (κ2) is 5.84. The third-order valence-corrected chi connectivity index (χ3v) is 1.10. The van der Waals surface area contributed by atoms with Gasteiger partial charge in [-0.15, -0.1) is 0 Å². The van der Waals surface area contributed by atoms with E-state index in [9.17, 15) is 0 Å². The van der Waals surface area contributed by atoms with Gasteiger partial charge in [0.25, 0.3) is 0 Å². The first-order chi connectivity index (χ1) is 2.91. The molecule has 0 aliphatic heterocycles. The van der Waals surface area contributed by atoms with E-state index in [1.165, 1.54) is 38.0 Å². The first-order valence-corrected chi connectivity index (χ1v) is 3.20. The Labute approximate surface area is 54.5 Å². The van der Waals surface area contributed by atoms with Crippen LogP contribution in [0.1, 0.15) is 19.8 Å². The van der Waals surface area contributed by atoms with Crippen molar-refractivity contribution < 1.29 is 28.0 Å². The molecule has 0 bridgehead atoms. The van der Waals surface area contributed by atoms with Gasteiger partial charge in [-0.05, 0) is 0 Å². The Kier molecular flexibility index (Phi) is 6.66. The van der Waals surface area contributed by atoms with Gasteiger partial charge < -0.3 is 0 Å². The summed E-state index contributed by atoms with van der Waals surface area (Å²) in [7, 11) is 0. The molecule has 0 saturated heterocycles. The van der Waals surface area contributed by atoms with Crippen LogP contribution >= 0.6 is 0 Å². The van der Waals surface area contributed by atoms with Gasteiger partial charge in [0.05, 0.1) is 0 Å². The first-order valence-electron chi connectivity index (χ1n) is 2.20. The van der Waals surface area contributed by atoms with Crippen LogP contribution in [0.15, 0.2) is 0 Å². The van der Waals surface area contributed by atoms with Gasteiger partial charge in [0.2, 0.25) is 0 Å². The van der Waals surface area contributed by atoms with Crippen LogP contribution in [-0.2, 0) is 28.0 Å². The molecule has 2 heteroatoms. The van der Waals surface area contributed by atoms with Gasteiger partial charge in [-0.2, -0.15) is 0 Å². The summed E-state index contributed by atoms with van der Waals surface area (Å²) in [5.74, 6) is 0. The van der Waals surface area contributed by atoms with E-state index in [1.807, 2.05) is 0 Å². The molecular formula is C4H9OZr. The van der Waals surface area contributed by atoms with Crippen LogP contribution in [0.5, 0.6) is 0 Å². The van der Waals surface area contributed by atoms with Crippen molar-refractivity contribution in [3.63, 3.8) is 0 Å². The molecule has 0 saturated carbocycles. The Bertz CT molecular complexity index is 19.5. The van der Waals surface area contributed by atoms with Crippen LogP contribution in [0.4, 0.5) is 0 Å². The van der Waals surface area contributed by atoms with Gasteiger partial charge in [0.15, 0.2) is 0 Å². The van der Waals surface area contributed by atoms with Crippen LogP contribution in [0, 0.1) is 0 Å². The molecule has 0 amide bonds. The molecule has 0 fully saturated rings. The molecule has 0 rings (SSSR count). The van der Waals surface area contributed by atoms with E-state index in [1.54, 1.807) is 0 Å². The fourth-order valence-corrected chi connectivity index (χ4v) is 0.571. The number of hydrogen-bond donors (Lipinski definition) is 0. The Balaban J connectivity index is 2.34. The van der Waals surface area contributed by atoms with Crippen molar-refractivity contribution in [1.82, 2.24) is 0 Å². The summed E-state index contributed by atoms with van der Waals surface area (Å²) in [5.41, 5.74) is 0. The Morgan fingerprint density at radius 1 is 1.67 bits per heavy atom. The number of unbranched alkanes of at least 4 members (excludes halogenated alkanes) is 1. The minimum atomic E-state index is 0.953. The third-order valence-electron chi connectivity index (χ3n) is 0.600. The van der Waals surface area contributed by atoms with Crippen LogP contribution in [0.2, 0.25) is 0 Å². The van der Waals surface area contributed by atoms with Crippen LogP contribution in [-0.4, -0.2) is 6.61 Å². The van der Waals surface area contributed by atoms with Gasteiger partial charge >= 0.3 is 54.3 Å². The average molecular weight is 80.1 g/mol. The van der Waals surface area contributed by atoms with Crippen LogP contribution in [0.25, 0.3) is 0 Å². The predicted molar refractivity (Wildman–Crippen MR) is 20.9 cm³/mol. The summed E-state index contributed by atoms with van der Waals surface area (Å²) in [4.78, 5) is 0. The fourth-order valence-electron chi connectivity index (χ4n) is 0.217. The summed E-state index contributed by atoms with van der Waals surface area (Å²) >= 11 is 1.19. The molecule has 1 nitrogen and oxygen atoms in total. The van der Waals surface area contributed by atoms with E-state index < -0.39 is 0 Å². The average Bonchev–Trinajstić information content (AvgIpc) is 1.61. The zero-order valence-corrected chi connectivity index (χ0v) is 6.49. The molecule has 0 spiro atoms. The number of rotatable bonds is 3. The second-order valence-corrected chi connectivity index (χ2v) is 1.91. The van der Waals surface area contributed by atoms with Crippen molar-refractivity contribution in [2.45, 2.75) is 19.8 Å². The van der Waals surface area contributed by atoms with Crippen molar-refractivity contribution in [3.8, 4) is 0 Å². The second-order valence-electron chi connectivity index (χ2n) is 1.20. The molecule has 0 aromatic heterocycles. The summed E-state index contributed by atoms with van der Waals surface area (Å²) in [6.07, 6.45) is 2.46. The molecule has 0 aliphatic carbocycles. The Morgan fingerprint density at radius 3 is 2.50 bits per heavy atom. The van der Waals surface area contributed by atoms with Crippen molar-refractivity contribution in [2.75, 3.05) is 6.61 Å². The summed E-state index contributed by atoms with van der Waals surface area (Å²) in [5, 5.41) is 0. The monoisotopic (exact) mass is 80.1 g/mol. The molecule has 35 valence electrons. The van der Waals surface area contributed by atoms with E-state index in [-0.39, 0.29) is 0 Å². The Hall–Kier alpha value is 0.843. The van der Waals surface area contributed by atoms with E-state index in [0.29, 0.717) is 0 Å². The first kappa shape index (κ1) is 6.84. The summed E-state index contributed by atoms with van der Waals surface area (Å²) < 4.78 is 4.87. The zero-order valence-electron chi connectivity index (χ0n) is 4.03. The number of hydrogen-bond acceptors (Lipinski definition) is 1. The molecule has 0 aromatic rings. The molecule has 0 aromatic carbocycles. The molecule has 0 heterocycles. The molecule has 0 N–H and O–H groups in total. The quantitative estimate of drug-likeness (QED) is 0.464. The van der Waals surface area contributed by atoms with Gasteiger partial charge in [0, 0.05) is 0 Å². The topological polar surface area (TPSA) is 9.23 Å². The van der Waals surface area contributed by atoms with E-state index >= 15 is 0 Å². The maximum absolute atomic E-state index is 4.87. The van der Waals surface area contributed by atoms with Gasteiger partial charge in [-0.1, -0.05) is 0 Å². The minimum absolute atomic E-state index is 0.953. The molecule has 0 aliphatic rings. The Morgan fingerprint density at radius 2 is 2.33 bits per heavy atom. The van der Waals surface area contributed by atoms with Crippen molar-refractivity contribution >= 4 is 0 Å². The maximum atomic E-state index is 4.87. The van der Waals surface area contributed by atoms with Crippen molar-refractivity contribution in [3.05, 3.63) is 0 Å². The van der Waals surface area contributed by atoms with Gasteiger partial charge in [-0.3, -0.25) is 0 Å². The molecule has 0 radical (unpaired) electrons. The normalized spacial score (nSPS) is 8.67. The third kappa shape index (κ3) is 4.84. The van der Waals surface area contributed by atoms with Crippen LogP contribution < -0.4 is 0 Å². The standard InChI is InChI=1S/C4H9O.Zr/c1-2-3-4-5;/h2-4H2,1H3;/q-1;+1/i;1-84. The van der Waals surface area contributed by atoms with E-state index in [2.05, 4.69) is 6.92 Å². The predicted octanol–water partition coefficient (Wildman–Crippen LogP) is 1.26. The van der Waals surface area contributed by atoms with Gasteiger partial charge in [0.1, 0.15) is 0 Å². The zero-order chi connectivity index (χ0) is 4.83. The fraction of sp³-hybridized carbons (Fsp3) is 1.00. The van der Waals surface area contributed by atoms with E-state index in [4.69, 9.17) is 2.81 Å². The van der Waals surface area contributed by atoms with Crippen LogP contribution in [0.3, 0.4) is 0 Å². The van der Waals surface area contributed by atoms with Crippen molar-refractivity contribution in [2.24, 2.45) is 0 Å².